The largest absolute Gasteiger partial charge is 0.391 e. The van der Waals surface area contributed by atoms with Gasteiger partial charge in [0.1, 0.15) is 11.6 Å². The molecule has 25 heavy (non-hydrogen) atoms. The van der Waals surface area contributed by atoms with Gasteiger partial charge in [0.2, 0.25) is 5.28 Å². The lowest BCUT2D eigenvalue weighted by Gasteiger charge is -2.21. The van der Waals surface area contributed by atoms with Gasteiger partial charge in [-0.2, -0.15) is 9.97 Å². The van der Waals surface area contributed by atoms with E-state index in [9.17, 15) is 13.9 Å². The molecule has 9 heteroatoms. The molecule has 2 heterocycles. The second-order valence-corrected chi connectivity index (χ2v) is 6.00. The molecule has 1 fully saturated rings. The highest BCUT2D eigenvalue weighted by atomic mass is 35.5. The van der Waals surface area contributed by atoms with Gasteiger partial charge in [-0.05, 0) is 30.2 Å². The van der Waals surface area contributed by atoms with Crippen LogP contribution >= 0.6 is 11.6 Å². The molecule has 1 unspecified atom stereocenters. The van der Waals surface area contributed by atoms with Crippen molar-refractivity contribution < 1.29 is 13.9 Å². The minimum Gasteiger partial charge on any atom is -0.391 e. The number of nitrogens with one attached hydrogen (secondary N) is 2. The normalized spacial score (nSPS) is 17.2. The Morgan fingerprint density at radius 1 is 1.40 bits per heavy atom. The molecule has 132 valence electrons. The van der Waals surface area contributed by atoms with Crippen LogP contribution in [0.15, 0.2) is 24.3 Å². The summed E-state index contributed by atoms with van der Waals surface area (Å²) in [6, 6.07) is 5.77. The summed E-state index contributed by atoms with van der Waals surface area (Å²) in [6.45, 7) is 0.962. The van der Waals surface area contributed by atoms with Crippen molar-refractivity contribution in [3.05, 3.63) is 40.7 Å². The number of aromatic nitrogens is 2. The third kappa shape index (κ3) is 3.85. The van der Waals surface area contributed by atoms with Gasteiger partial charge >= 0.3 is 0 Å². The van der Waals surface area contributed by atoms with Crippen molar-refractivity contribution in [3.63, 3.8) is 0 Å². The first-order valence-electron chi connectivity index (χ1n) is 7.64. The van der Waals surface area contributed by atoms with E-state index in [0.29, 0.717) is 36.6 Å². The van der Waals surface area contributed by atoms with Crippen molar-refractivity contribution >= 4 is 35.1 Å². The van der Waals surface area contributed by atoms with Crippen LogP contribution in [-0.2, 0) is 0 Å². The molecule has 0 amide bonds. The van der Waals surface area contributed by atoms with Crippen molar-refractivity contribution in [1.82, 2.24) is 9.97 Å². The average Bonchev–Trinajstić information content (AvgIpc) is 3.01. The van der Waals surface area contributed by atoms with E-state index in [1.54, 1.807) is 6.07 Å². The summed E-state index contributed by atoms with van der Waals surface area (Å²) in [5.41, 5.74) is 0.661. The Kier molecular flexibility index (Phi) is 5.10. The molecule has 1 atom stereocenters. The van der Waals surface area contributed by atoms with E-state index < -0.39 is 12.5 Å². The number of aliphatic hydroxyl groups is 1. The quantitative estimate of drug-likeness (QED) is 0.557. The lowest BCUT2D eigenvalue weighted by molar-refractivity contribution is 0.151. The maximum absolute atomic E-state index is 12.9. The lowest BCUT2D eigenvalue weighted by Crippen LogP contribution is -2.24. The molecule has 1 aliphatic rings. The van der Waals surface area contributed by atoms with Gasteiger partial charge in [-0.1, -0.05) is 12.1 Å². The van der Waals surface area contributed by atoms with E-state index in [1.165, 1.54) is 18.2 Å². The zero-order valence-corrected chi connectivity index (χ0v) is 13.8. The van der Waals surface area contributed by atoms with Crippen molar-refractivity contribution in [3.8, 4) is 0 Å². The molecule has 1 aliphatic heterocycles. The molecule has 0 aliphatic carbocycles. The van der Waals surface area contributed by atoms with Crippen molar-refractivity contribution in [2.24, 2.45) is 0 Å². The molecule has 0 radical (unpaired) electrons. The molecular formula is C16H16ClF2N5O. The summed E-state index contributed by atoms with van der Waals surface area (Å²) in [7, 11) is 0. The van der Waals surface area contributed by atoms with Crippen molar-refractivity contribution in [1.29, 1.82) is 5.41 Å². The van der Waals surface area contributed by atoms with Crippen molar-refractivity contribution in [2.45, 2.75) is 19.0 Å². The van der Waals surface area contributed by atoms with E-state index in [1.807, 2.05) is 4.90 Å². The molecule has 2 aromatic rings. The topological polar surface area (TPSA) is 85.1 Å². The number of halogens is 3. The van der Waals surface area contributed by atoms with Gasteiger partial charge in [0.05, 0.1) is 11.7 Å². The first kappa shape index (κ1) is 17.5. The molecule has 3 N–H and O–H groups in total. The number of anilines is 3. The fourth-order valence-corrected chi connectivity index (χ4v) is 2.89. The number of nitrogens with zero attached hydrogens (tertiary/aromatic N) is 3. The summed E-state index contributed by atoms with van der Waals surface area (Å²) in [4.78, 5) is 10.1. The van der Waals surface area contributed by atoms with E-state index in [0.717, 1.165) is 6.21 Å². The minimum atomic E-state index is -2.58. The molecular weight excluding hydrogens is 352 g/mol. The minimum absolute atomic E-state index is 0.0329. The molecule has 0 saturated carbocycles. The first-order valence-corrected chi connectivity index (χ1v) is 8.02. The Hall–Kier alpha value is -2.32. The predicted molar refractivity (Wildman–Crippen MR) is 92.4 cm³/mol. The van der Waals surface area contributed by atoms with Gasteiger partial charge in [0.25, 0.3) is 6.43 Å². The highest BCUT2D eigenvalue weighted by Gasteiger charge is 2.25. The van der Waals surface area contributed by atoms with Gasteiger partial charge in [-0.15, -0.1) is 0 Å². The van der Waals surface area contributed by atoms with Crippen LogP contribution in [0.5, 0.6) is 0 Å². The van der Waals surface area contributed by atoms with Crippen LogP contribution in [0.3, 0.4) is 0 Å². The second-order valence-electron chi connectivity index (χ2n) is 5.66. The second kappa shape index (κ2) is 7.28. The maximum Gasteiger partial charge on any atom is 0.263 e. The Morgan fingerprint density at radius 3 is 2.84 bits per heavy atom. The highest BCUT2D eigenvalue weighted by Crippen LogP contribution is 2.30. The van der Waals surface area contributed by atoms with E-state index in [-0.39, 0.29) is 16.7 Å². The summed E-state index contributed by atoms with van der Waals surface area (Å²) >= 11 is 6.00. The molecule has 1 aromatic carbocycles. The fraction of sp³-hybridized carbons (Fsp3) is 0.312. The molecule has 3 rings (SSSR count). The van der Waals surface area contributed by atoms with Crippen LogP contribution in [0.4, 0.5) is 26.1 Å². The van der Waals surface area contributed by atoms with Crippen LogP contribution in [-0.4, -0.2) is 40.5 Å². The van der Waals surface area contributed by atoms with Crippen LogP contribution in [0, 0.1) is 5.41 Å². The zero-order valence-electron chi connectivity index (χ0n) is 13.1. The summed E-state index contributed by atoms with van der Waals surface area (Å²) in [5.74, 6) is 0.678. The van der Waals surface area contributed by atoms with Gasteiger partial charge < -0.3 is 20.7 Å². The van der Waals surface area contributed by atoms with E-state index >= 15 is 0 Å². The third-order valence-corrected chi connectivity index (χ3v) is 4.08. The van der Waals surface area contributed by atoms with Crippen LogP contribution in [0.2, 0.25) is 5.28 Å². The molecule has 6 nitrogen and oxygen atoms in total. The first-order chi connectivity index (χ1) is 12.0. The number of rotatable bonds is 5. The number of hydrogen-bond acceptors (Lipinski definition) is 6. The van der Waals surface area contributed by atoms with Crippen LogP contribution in [0.25, 0.3) is 0 Å². The number of alkyl halides is 2. The van der Waals surface area contributed by atoms with E-state index in [4.69, 9.17) is 17.0 Å². The fourth-order valence-electron chi connectivity index (χ4n) is 2.72. The Labute approximate surface area is 148 Å². The SMILES string of the molecule is N=Cc1c(Nc2cccc(C(F)F)c2)nc(Cl)nc1N1CCC(O)C1. The number of hydrogen-bond donors (Lipinski definition) is 3. The standard InChI is InChI=1S/C16H16ClF2N5O/c17-16-22-14(21-10-3-1-2-9(6-10)13(18)19)12(7-20)15(23-16)24-5-4-11(25)8-24/h1-3,6-7,11,13,20,25H,4-5,8H2,(H,21,22,23). The Balaban J connectivity index is 1.97. The van der Waals surface area contributed by atoms with Crippen LogP contribution in [0.1, 0.15) is 24.0 Å². The maximum atomic E-state index is 12.9. The zero-order chi connectivity index (χ0) is 18.0. The molecule has 1 saturated heterocycles. The Bertz CT molecular complexity index is 789. The van der Waals surface area contributed by atoms with Gasteiger partial charge in [-0.25, -0.2) is 8.78 Å². The third-order valence-electron chi connectivity index (χ3n) is 3.91. The number of aliphatic hydroxyl groups excluding tert-OH is 1. The van der Waals surface area contributed by atoms with Gasteiger partial charge in [0.15, 0.2) is 0 Å². The molecule has 0 bridgehead atoms. The summed E-state index contributed by atoms with van der Waals surface area (Å²) < 4.78 is 25.7. The molecule has 0 spiro atoms. The lowest BCUT2D eigenvalue weighted by atomic mass is 10.2. The van der Waals surface area contributed by atoms with Gasteiger partial charge in [0, 0.05) is 30.6 Å². The van der Waals surface area contributed by atoms with Gasteiger partial charge in [-0.3, -0.25) is 0 Å². The number of β-amino-alcohol motifs (C(OH)–C–C–N with tert-alkyl or cyclic N) is 1. The Morgan fingerprint density at radius 2 is 2.20 bits per heavy atom. The van der Waals surface area contributed by atoms with Crippen LogP contribution < -0.4 is 10.2 Å². The van der Waals surface area contributed by atoms with Crippen molar-refractivity contribution in [2.75, 3.05) is 23.3 Å². The average molecular weight is 368 g/mol. The van der Waals surface area contributed by atoms with E-state index in [2.05, 4.69) is 15.3 Å². The smallest absolute Gasteiger partial charge is 0.263 e. The predicted octanol–water partition coefficient (Wildman–Crippen LogP) is 3.38. The highest BCUT2D eigenvalue weighted by molar-refractivity contribution is 6.28. The monoisotopic (exact) mass is 367 g/mol. The summed E-state index contributed by atoms with van der Waals surface area (Å²) in [5, 5.41) is 20.3. The molecule has 1 aromatic heterocycles. The summed E-state index contributed by atoms with van der Waals surface area (Å²) in [6.07, 6.45) is -1.38. The number of benzene rings is 1.